The Morgan fingerprint density at radius 2 is 1.74 bits per heavy atom. The molecule has 0 saturated carbocycles. The zero-order valence-corrected chi connectivity index (χ0v) is 18.7. The first kappa shape index (κ1) is 20.9. The average Bonchev–Trinajstić information content (AvgIpc) is 2.83. The van der Waals surface area contributed by atoms with Crippen molar-refractivity contribution in [2.75, 3.05) is 67.7 Å². The van der Waals surface area contributed by atoms with E-state index < -0.39 is 0 Å². The van der Waals surface area contributed by atoms with E-state index in [1.165, 1.54) is 0 Å². The molecule has 0 radical (unpaired) electrons. The van der Waals surface area contributed by atoms with Crippen molar-refractivity contribution >= 4 is 23.5 Å². The molecule has 10 nitrogen and oxygen atoms in total. The maximum Gasteiger partial charge on any atom is 0.257 e. The smallest absolute Gasteiger partial charge is 0.257 e. The van der Waals surface area contributed by atoms with Crippen LogP contribution in [0.2, 0.25) is 0 Å². The lowest BCUT2D eigenvalue weighted by atomic mass is 9.78. The van der Waals surface area contributed by atoms with Gasteiger partial charge in [0.25, 0.3) is 5.91 Å². The van der Waals surface area contributed by atoms with Gasteiger partial charge in [0, 0.05) is 49.8 Å². The number of rotatable bonds is 5. The number of morpholine rings is 1. The zero-order valence-electron chi connectivity index (χ0n) is 18.7. The Kier molecular flexibility index (Phi) is 5.31. The first-order chi connectivity index (χ1) is 16.7. The molecule has 34 heavy (non-hydrogen) atoms. The molecule has 0 bridgehead atoms. The highest BCUT2D eigenvalue weighted by Crippen LogP contribution is 2.39. The van der Waals surface area contributed by atoms with Gasteiger partial charge in [-0.3, -0.25) is 9.78 Å². The Balaban J connectivity index is 1.29. The number of carbonyl (C=O) groups is 1. The SMILES string of the molecule is O=C(Nc1cccc(-c2nc(N3CCOCC3)nc(N3CC4(COC4)C3)n2)c1)c1cccnc1. The number of anilines is 3. The summed E-state index contributed by atoms with van der Waals surface area (Å²) in [6, 6.07) is 11.0. The van der Waals surface area contributed by atoms with Gasteiger partial charge in [0.05, 0.1) is 37.4 Å². The van der Waals surface area contributed by atoms with Gasteiger partial charge in [-0.2, -0.15) is 15.0 Å². The standard InChI is InChI=1S/C24H25N7O3/c32-21(18-4-2-6-25-12-18)26-19-5-1-3-17(11-19)20-27-22(30-7-9-33-10-8-30)29-23(28-20)31-13-24(14-31)15-34-16-24/h1-6,11-12H,7-10,13-16H2,(H,26,32). The van der Waals surface area contributed by atoms with E-state index in [2.05, 4.69) is 20.1 Å². The van der Waals surface area contributed by atoms with Crippen molar-refractivity contribution in [3.8, 4) is 11.4 Å². The van der Waals surface area contributed by atoms with Crippen LogP contribution in [0.15, 0.2) is 48.8 Å². The fourth-order valence-electron chi connectivity index (χ4n) is 4.44. The van der Waals surface area contributed by atoms with Crippen LogP contribution >= 0.6 is 0 Å². The summed E-state index contributed by atoms with van der Waals surface area (Å²) < 4.78 is 10.9. The fraction of sp³-hybridized carbons (Fsp3) is 0.375. The van der Waals surface area contributed by atoms with E-state index in [-0.39, 0.29) is 11.3 Å². The maximum absolute atomic E-state index is 12.6. The van der Waals surface area contributed by atoms with E-state index in [0.29, 0.717) is 42.2 Å². The van der Waals surface area contributed by atoms with Crippen molar-refractivity contribution in [2.45, 2.75) is 0 Å². The van der Waals surface area contributed by atoms with Crippen molar-refractivity contribution in [1.29, 1.82) is 0 Å². The molecule has 3 aliphatic heterocycles. The van der Waals surface area contributed by atoms with Gasteiger partial charge < -0.3 is 24.6 Å². The third-order valence-corrected chi connectivity index (χ3v) is 6.36. The predicted molar refractivity (Wildman–Crippen MR) is 126 cm³/mol. The van der Waals surface area contributed by atoms with Crippen molar-refractivity contribution < 1.29 is 14.3 Å². The molecule has 6 rings (SSSR count). The molecule has 5 heterocycles. The molecule has 1 aromatic carbocycles. The second-order valence-electron chi connectivity index (χ2n) is 8.98. The number of benzene rings is 1. The summed E-state index contributed by atoms with van der Waals surface area (Å²) in [7, 11) is 0. The van der Waals surface area contributed by atoms with E-state index in [9.17, 15) is 4.79 Å². The van der Waals surface area contributed by atoms with E-state index >= 15 is 0 Å². The first-order valence-corrected chi connectivity index (χ1v) is 11.4. The minimum Gasteiger partial charge on any atom is -0.380 e. The number of hydrogen-bond donors (Lipinski definition) is 1. The van der Waals surface area contributed by atoms with Gasteiger partial charge in [-0.05, 0) is 24.3 Å². The van der Waals surface area contributed by atoms with E-state index in [4.69, 9.17) is 24.4 Å². The van der Waals surface area contributed by atoms with Gasteiger partial charge >= 0.3 is 0 Å². The van der Waals surface area contributed by atoms with Crippen molar-refractivity contribution in [3.63, 3.8) is 0 Å². The summed E-state index contributed by atoms with van der Waals surface area (Å²) in [5.41, 5.74) is 2.22. The highest BCUT2D eigenvalue weighted by Gasteiger charge is 2.50. The minimum absolute atomic E-state index is 0.218. The molecule has 1 amide bonds. The highest BCUT2D eigenvalue weighted by atomic mass is 16.5. The summed E-state index contributed by atoms with van der Waals surface area (Å²) >= 11 is 0. The molecule has 1 spiro atoms. The van der Waals surface area contributed by atoms with Crippen LogP contribution in [0.1, 0.15) is 10.4 Å². The Hall–Kier alpha value is -3.63. The predicted octanol–water partition coefficient (Wildman–Crippen LogP) is 1.86. The van der Waals surface area contributed by atoms with Crippen molar-refractivity contribution in [3.05, 3.63) is 54.4 Å². The minimum atomic E-state index is -0.218. The summed E-state index contributed by atoms with van der Waals surface area (Å²) in [6.45, 7) is 6.16. The van der Waals surface area contributed by atoms with Gasteiger partial charge in [-0.25, -0.2) is 0 Å². The Morgan fingerprint density at radius 3 is 2.44 bits per heavy atom. The van der Waals surface area contributed by atoms with E-state index in [1.807, 2.05) is 24.3 Å². The highest BCUT2D eigenvalue weighted by molar-refractivity contribution is 6.04. The first-order valence-electron chi connectivity index (χ1n) is 11.4. The lowest BCUT2D eigenvalue weighted by Gasteiger charge is -2.54. The van der Waals surface area contributed by atoms with Crippen LogP contribution < -0.4 is 15.1 Å². The second-order valence-corrected chi connectivity index (χ2v) is 8.98. The molecule has 0 unspecified atom stereocenters. The maximum atomic E-state index is 12.6. The van der Waals surface area contributed by atoms with Crippen LogP contribution in [0.5, 0.6) is 0 Å². The third kappa shape index (κ3) is 4.06. The van der Waals surface area contributed by atoms with E-state index in [0.717, 1.165) is 45.0 Å². The van der Waals surface area contributed by atoms with Crippen LogP contribution in [0.4, 0.5) is 17.6 Å². The Morgan fingerprint density at radius 1 is 0.941 bits per heavy atom. The van der Waals surface area contributed by atoms with Crippen LogP contribution in [0, 0.1) is 5.41 Å². The van der Waals surface area contributed by atoms with Crippen molar-refractivity contribution in [1.82, 2.24) is 19.9 Å². The summed E-state index contributed by atoms with van der Waals surface area (Å²) in [4.78, 5) is 35.3. The number of carbonyl (C=O) groups excluding carboxylic acids is 1. The van der Waals surface area contributed by atoms with Crippen LogP contribution in [0.25, 0.3) is 11.4 Å². The number of pyridine rings is 1. The molecule has 3 aliphatic rings. The number of nitrogens with zero attached hydrogens (tertiary/aromatic N) is 6. The van der Waals surface area contributed by atoms with Gasteiger partial charge in [0.2, 0.25) is 11.9 Å². The number of hydrogen-bond acceptors (Lipinski definition) is 9. The lowest BCUT2D eigenvalue weighted by Crippen LogP contribution is -2.66. The summed E-state index contributed by atoms with van der Waals surface area (Å²) in [5, 5.41) is 2.93. The number of ether oxygens (including phenoxy) is 2. The molecule has 10 heteroatoms. The Bertz CT molecular complexity index is 1190. The fourth-order valence-corrected chi connectivity index (χ4v) is 4.44. The topological polar surface area (TPSA) is 106 Å². The number of nitrogens with one attached hydrogen (secondary N) is 1. The van der Waals surface area contributed by atoms with Crippen molar-refractivity contribution in [2.24, 2.45) is 5.41 Å². The molecule has 1 N–H and O–H groups in total. The molecule has 3 fully saturated rings. The van der Waals surface area contributed by atoms with Gasteiger partial charge in [0.15, 0.2) is 5.82 Å². The molecule has 174 valence electrons. The van der Waals surface area contributed by atoms with Gasteiger partial charge in [0.1, 0.15) is 0 Å². The normalized spacial score (nSPS) is 18.8. The molecule has 0 aliphatic carbocycles. The Labute approximate surface area is 197 Å². The van der Waals surface area contributed by atoms with Gasteiger partial charge in [-0.15, -0.1) is 0 Å². The molecule has 2 aromatic heterocycles. The summed E-state index contributed by atoms with van der Waals surface area (Å²) in [6.07, 6.45) is 3.18. The molecule has 3 aromatic rings. The summed E-state index contributed by atoms with van der Waals surface area (Å²) in [5.74, 6) is 1.69. The van der Waals surface area contributed by atoms with Crippen LogP contribution in [-0.2, 0) is 9.47 Å². The number of amides is 1. The second kappa shape index (κ2) is 8.62. The molecular weight excluding hydrogens is 434 g/mol. The molecule has 3 saturated heterocycles. The largest absolute Gasteiger partial charge is 0.380 e. The van der Waals surface area contributed by atoms with Crippen LogP contribution in [0.3, 0.4) is 0 Å². The molecule has 0 atom stereocenters. The average molecular weight is 460 g/mol. The monoisotopic (exact) mass is 459 g/mol. The van der Waals surface area contributed by atoms with Crippen LogP contribution in [-0.4, -0.2) is 78.4 Å². The third-order valence-electron chi connectivity index (χ3n) is 6.36. The van der Waals surface area contributed by atoms with Gasteiger partial charge in [-0.1, -0.05) is 12.1 Å². The molecular formula is C24H25N7O3. The lowest BCUT2D eigenvalue weighted by molar-refractivity contribution is -0.127. The quantitative estimate of drug-likeness (QED) is 0.612. The van der Waals surface area contributed by atoms with E-state index in [1.54, 1.807) is 24.5 Å². The zero-order chi connectivity index (χ0) is 23.0. The number of aromatic nitrogens is 4.